The fourth-order valence-electron chi connectivity index (χ4n) is 0. The van der Waals surface area contributed by atoms with Gasteiger partial charge in [-0.3, -0.25) is 0 Å². The molecule has 0 aliphatic carbocycles. The van der Waals surface area contributed by atoms with E-state index in [9.17, 15) is 0 Å². The SMILES string of the molecule is B.[Cr].[Fe].[Ni].[Ta].[Zr].[Zr]. The van der Waals surface area contributed by atoms with Gasteiger partial charge < -0.3 is 0 Å². The second-order valence-corrected chi connectivity index (χ2v) is 0. The molecule has 7 heavy (non-hydrogen) atoms. The van der Waals surface area contributed by atoms with Crippen LogP contribution in [0.4, 0.5) is 0 Å². The molecule has 0 saturated heterocycles. The molecular formula is H3BCrFeNiTaZr2. The Labute approximate surface area is 131 Å². The molecule has 0 N–H and O–H groups in total. The largest absolute Gasteiger partial charge is 0.0814 e. The Morgan fingerprint density at radius 3 is 0.857 bits per heavy atom. The first kappa shape index (κ1) is 67.1. The fourth-order valence-corrected chi connectivity index (χ4v) is 0. The number of hydrogen-bond donors (Lipinski definition) is 0. The molecule has 0 amide bonds. The molecule has 0 bridgehead atoms. The molecule has 0 heterocycles. The van der Waals surface area contributed by atoms with Crippen molar-refractivity contribution in [3.8, 4) is 0 Å². The van der Waals surface area contributed by atoms with Gasteiger partial charge in [-0.2, -0.15) is 0 Å². The zero-order valence-corrected chi connectivity index (χ0v) is 14.0. The third kappa shape index (κ3) is 39.3. The van der Waals surface area contributed by atoms with Crippen LogP contribution in [0, 0.1) is 0 Å². The zero-order chi connectivity index (χ0) is 0. The van der Waals surface area contributed by atoms with Gasteiger partial charge in [0.25, 0.3) is 0 Å². The van der Waals surface area contributed by atoms with E-state index in [0.29, 0.717) is 0 Å². The standard InChI is InChI=1S/BH3.Cr.Fe.Ni.Ta.2Zr/h1H3;;;;;;. The number of hydrogen-bond acceptors (Lipinski definition) is 0. The van der Waals surface area contributed by atoms with Crippen molar-refractivity contribution in [2.75, 3.05) is 0 Å². The van der Waals surface area contributed by atoms with Crippen molar-refractivity contribution in [1.82, 2.24) is 0 Å². The molecule has 0 atom stereocenters. The molecule has 0 spiro atoms. The van der Waals surface area contributed by atoms with Gasteiger partial charge in [0.1, 0.15) is 0 Å². The van der Waals surface area contributed by atoms with Crippen LogP contribution < -0.4 is 0 Å². The topological polar surface area (TPSA) is 0 Å². The smallest absolute Gasteiger partial charge is 0 e. The van der Waals surface area contributed by atoms with Crippen LogP contribution >= 0.6 is 0 Å². The summed E-state index contributed by atoms with van der Waals surface area (Å²) in [7, 11) is 0. The third-order valence-electron chi connectivity index (χ3n) is 0. The first-order valence-electron chi connectivity index (χ1n) is 0. The molecule has 0 saturated carbocycles. The van der Waals surface area contributed by atoms with Crippen LogP contribution in [-0.4, -0.2) is 8.41 Å². The Hall–Kier alpha value is 4.12. The average Bonchev–Trinajstić information content (AvgIpc) is 0. The summed E-state index contributed by atoms with van der Waals surface area (Å²) in [6.45, 7) is 0. The van der Waals surface area contributed by atoms with Crippen LogP contribution in [0.3, 0.4) is 0 Å². The van der Waals surface area contributed by atoms with Crippen molar-refractivity contribution in [1.29, 1.82) is 0 Å². The predicted octanol–water partition coefficient (Wildman–Crippen LogP) is -1.20. The molecule has 0 aliphatic heterocycles. The molecule has 0 nitrogen and oxygen atoms in total. The Kier molecular flexibility index (Phi) is 476. The first-order chi connectivity index (χ1) is 0. The molecule has 0 aromatic rings. The van der Waals surface area contributed by atoms with E-state index in [1.165, 1.54) is 0 Å². The Balaban J connectivity index is 0. The van der Waals surface area contributed by atoms with Crippen molar-refractivity contribution in [3.05, 3.63) is 0 Å². The maximum absolute atomic E-state index is 0. The molecule has 0 aromatic carbocycles. The van der Waals surface area contributed by atoms with E-state index in [0.717, 1.165) is 0 Å². The summed E-state index contributed by atoms with van der Waals surface area (Å²) in [5, 5.41) is 0. The van der Waals surface area contributed by atoms with E-state index in [1.54, 1.807) is 0 Å². The van der Waals surface area contributed by atoms with Gasteiger partial charge in [-0.25, -0.2) is 0 Å². The van der Waals surface area contributed by atoms with Crippen LogP contribution in [0.2, 0.25) is 0 Å². The van der Waals surface area contributed by atoms with Crippen molar-refractivity contribution >= 4 is 8.41 Å². The summed E-state index contributed by atoms with van der Waals surface area (Å²) in [4.78, 5) is 0. The summed E-state index contributed by atoms with van der Waals surface area (Å²) in [6.07, 6.45) is 0. The van der Waals surface area contributed by atoms with E-state index in [2.05, 4.69) is 0 Å². The Morgan fingerprint density at radius 1 is 0.857 bits per heavy atom. The second kappa shape index (κ2) is 49.6. The van der Waals surface area contributed by atoms with Crippen LogP contribution in [0.25, 0.3) is 0 Å². The molecule has 0 rings (SSSR count). The Bertz CT molecular complexity index is 17.7. The quantitative estimate of drug-likeness (QED) is 0.337. The Morgan fingerprint density at radius 2 is 0.857 bits per heavy atom. The van der Waals surface area contributed by atoms with Gasteiger partial charge in [-0.05, 0) is 0 Å². The average molecular weight is 544 g/mol. The molecule has 0 aromatic heterocycles. The third-order valence-corrected chi connectivity index (χ3v) is 0. The second-order valence-electron chi connectivity index (χ2n) is 0. The summed E-state index contributed by atoms with van der Waals surface area (Å²) in [6, 6.07) is 0. The van der Waals surface area contributed by atoms with Crippen LogP contribution in [0.1, 0.15) is 0 Å². The maximum Gasteiger partial charge on any atom is 0.0814 e. The van der Waals surface area contributed by atoms with Crippen molar-refractivity contribution in [2.45, 2.75) is 0 Å². The minimum Gasteiger partial charge on any atom is 0 e. The van der Waals surface area contributed by atoms with E-state index >= 15 is 0 Å². The number of rotatable bonds is 0. The normalized spacial score (nSPS) is 0. The van der Waals surface area contributed by atoms with Crippen molar-refractivity contribution < 1.29 is 126 Å². The van der Waals surface area contributed by atoms with Crippen molar-refractivity contribution in [2.24, 2.45) is 0 Å². The molecular weight excluding hydrogens is 541 g/mol. The van der Waals surface area contributed by atoms with Gasteiger partial charge in [-0.15, -0.1) is 0 Å². The minimum absolute atomic E-state index is 0. The monoisotopic (exact) mass is 541 g/mol. The van der Waals surface area contributed by atoms with Gasteiger partial charge >= 0.3 is 0 Å². The zero-order valence-electron chi connectivity index (χ0n) is 2.53. The maximum atomic E-state index is 0. The fraction of sp³-hybridized carbons (Fsp3) is 0. The minimum atomic E-state index is 0. The van der Waals surface area contributed by atoms with Gasteiger partial charge in [0.15, 0.2) is 0 Å². The van der Waals surface area contributed by atoms with E-state index in [-0.39, 0.29) is 134 Å². The molecule has 1 radical (unpaired) electrons. The van der Waals surface area contributed by atoms with Crippen LogP contribution in [0.15, 0.2) is 0 Å². The molecule has 0 aliphatic rings. The van der Waals surface area contributed by atoms with Gasteiger partial charge in [0.2, 0.25) is 0 Å². The van der Waals surface area contributed by atoms with E-state index < -0.39 is 0 Å². The summed E-state index contributed by atoms with van der Waals surface area (Å²) < 4.78 is 0. The van der Waals surface area contributed by atoms with E-state index in [4.69, 9.17) is 0 Å². The summed E-state index contributed by atoms with van der Waals surface area (Å²) in [5.41, 5.74) is 0. The van der Waals surface area contributed by atoms with Crippen LogP contribution in [0.5, 0.6) is 0 Å². The van der Waals surface area contributed by atoms with Gasteiger partial charge in [0.05, 0.1) is 8.41 Å². The summed E-state index contributed by atoms with van der Waals surface area (Å²) >= 11 is 0. The summed E-state index contributed by atoms with van der Waals surface area (Å²) in [5.74, 6) is 0. The van der Waals surface area contributed by atoms with Crippen molar-refractivity contribution in [3.63, 3.8) is 0 Å². The van der Waals surface area contributed by atoms with E-state index in [1.807, 2.05) is 0 Å². The molecule has 0 fully saturated rings. The predicted molar refractivity (Wildman–Crippen MR) is 9.94 cm³/mol. The molecule has 7 heteroatoms. The first-order valence-corrected chi connectivity index (χ1v) is 0. The van der Waals surface area contributed by atoms with Gasteiger partial charge in [-0.1, -0.05) is 0 Å². The molecule has 0 unspecified atom stereocenters. The van der Waals surface area contributed by atoms with Crippen LogP contribution in [-0.2, 0) is 126 Å². The van der Waals surface area contributed by atoms with Gasteiger partial charge in [0, 0.05) is 126 Å². The molecule has 43 valence electrons.